The quantitative estimate of drug-likeness (QED) is 0.489. The van der Waals surface area contributed by atoms with Crippen molar-refractivity contribution in [2.45, 2.75) is 58.8 Å². The highest BCUT2D eigenvalue weighted by molar-refractivity contribution is 6.23. The molecule has 0 radical (unpaired) electrons. The summed E-state index contributed by atoms with van der Waals surface area (Å²) in [5.41, 5.74) is 0.679. The molecule has 0 saturated heterocycles. The highest BCUT2D eigenvalue weighted by atomic mass is 16.6. The van der Waals surface area contributed by atoms with Gasteiger partial charge in [-0.2, -0.15) is 0 Å². The summed E-state index contributed by atoms with van der Waals surface area (Å²) < 4.78 is 10.6. The molecule has 3 amide bonds. The Balaban J connectivity index is 1.74. The first-order chi connectivity index (χ1) is 15.6. The monoisotopic (exact) mass is 452 g/mol. The van der Waals surface area contributed by atoms with Gasteiger partial charge in [0.05, 0.1) is 11.1 Å². The fourth-order valence-electron chi connectivity index (χ4n) is 3.49. The maximum Gasteiger partial charge on any atom is 0.411 e. The van der Waals surface area contributed by atoms with Crippen LogP contribution in [0.4, 0.5) is 10.5 Å². The number of amides is 3. The molecule has 0 fully saturated rings. The molecule has 0 aromatic heterocycles. The summed E-state index contributed by atoms with van der Waals surface area (Å²) in [6.45, 7) is 7.14. The molecule has 2 aromatic carbocycles. The van der Waals surface area contributed by atoms with E-state index in [4.69, 9.17) is 9.47 Å². The third kappa shape index (κ3) is 5.77. The van der Waals surface area contributed by atoms with Crippen LogP contribution in [0.15, 0.2) is 48.5 Å². The number of esters is 1. The van der Waals surface area contributed by atoms with Crippen molar-refractivity contribution in [3.05, 3.63) is 65.2 Å². The third-order valence-electron chi connectivity index (χ3n) is 4.93. The molecule has 1 atom stereocenters. The number of rotatable bonds is 7. The maximum absolute atomic E-state index is 13.1. The van der Waals surface area contributed by atoms with Crippen molar-refractivity contribution < 1.29 is 28.7 Å². The molecule has 33 heavy (non-hydrogen) atoms. The maximum atomic E-state index is 13.1. The van der Waals surface area contributed by atoms with Gasteiger partial charge in [-0.25, -0.2) is 9.59 Å². The number of ether oxygens (including phenoxy) is 2. The molecule has 3 rings (SSSR count). The zero-order valence-corrected chi connectivity index (χ0v) is 19.2. The largest absolute Gasteiger partial charge is 0.458 e. The molecular weight excluding hydrogens is 424 g/mol. The average molecular weight is 453 g/mol. The number of nitrogens with one attached hydrogen (secondary N) is 1. The summed E-state index contributed by atoms with van der Waals surface area (Å²) in [4.78, 5) is 51.9. The van der Waals surface area contributed by atoms with Crippen LogP contribution in [0.2, 0.25) is 0 Å². The van der Waals surface area contributed by atoms with Crippen LogP contribution in [0.3, 0.4) is 0 Å². The number of carbonyl (C=O) groups excluding carboxylic acids is 4. The van der Waals surface area contributed by atoms with Gasteiger partial charge in [-0.1, -0.05) is 43.7 Å². The minimum atomic E-state index is -1.02. The number of benzene rings is 2. The van der Waals surface area contributed by atoms with Crippen molar-refractivity contribution in [1.29, 1.82) is 0 Å². The zero-order chi connectivity index (χ0) is 24.2. The lowest BCUT2D eigenvalue weighted by molar-refractivity contribution is -0.159. The summed E-state index contributed by atoms with van der Waals surface area (Å²) in [6.07, 6.45) is 0.180. The van der Waals surface area contributed by atoms with Crippen molar-refractivity contribution in [1.82, 2.24) is 4.90 Å². The Labute approximate surface area is 192 Å². The summed E-state index contributed by atoms with van der Waals surface area (Å²) in [7, 11) is 0. The van der Waals surface area contributed by atoms with Crippen molar-refractivity contribution in [3.63, 3.8) is 0 Å². The molecule has 0 spiro atoms. The number of fused-ring (bicyclic) bond motifs is 1. The molecule has 1 heterocycles. The van der Waals surface area contributed by atoms with E-state index in [9.17, 15) is 19.2 Å². The molecule has 8 nitrogen and oxygen atoms in total. The van der Waals surface area contributed by atoms with Crippen LogP contribution in [0.25, 0.3) is 0 Å². The number of nitrogens with zero attached hydrogens (tertiary/aromatic N) is 1. The molecule has 0 saturated carbocycles. The highest BCUT2D eigenvalue weighted by Gasteiger charge is 2.44. The van der Waals surface area contributed by atoms with Crippen molar-refractivity contribution in [2.24, 2.45) is 0 Å². The zero-order valence-electron chi connectivity index (χ0n) is 19.2. The van der Waals surface area contributed by atoms with Crippen molar-refractivity contribution in [3.8, 4) is 0 Å². The number of carbonyl (C=O) groups is 4. The average Bonchev–Trinajstić information content (AvgIpc) is 3.00. The Kier molecular flexibility index (Phi) is 7.16. The van der Waals surface area contributed by atoms with Crippen LogP contribution in [-0.2, 0) is 20.9 Å². The van der Waals surface area contributed by atoms with Crippen molar-refractivity contribution in [2.75, 3.05) is 5.32 Å². The van der Waals surface area contributed by atoms with Crippen LogP contribution in [-0.4, -0.2) is 40.4 Å². The van der Waals surface area contributed by atoms with Gasteiger partial charge < -0.3 is 9.47 Å². The third-order valence-corrected chi connectivity index (χ3v) is 4.93. The van der Waals surface area contributed by atoms with E-state index in [2.05, 4.69) is 5.32 Å². The van der Waals surface area contributed by atoms with Crippen molar-refractivity contribution >= 4 is 29.6 Å². The second kappa shape index (κ2) is 9.85. The lowest BCUT2D eigenvalue weighted by Crippen LogP contribution is -2.47. The van der Waals surface area contributed by atoms with E-state index in [1.54, 1.807) is 20.8 Å². The second-order valence-electron chi connectivity index (χ2n) is 8.77. The van der Waals surface area contributed by atoms with E-state index in [-0.39, 0.29) is 24.2 Å². The number of imide groups is 1. The van der Waals surface area contributed by atoms with E-state index in [1.807, 2.05) is 37.3 Å². The predicted octanol–water partition coefficient (Wildman–Crippen LogP) is 4.54. The van der Waals surface area contributed by atoms with E-state index in [1.165, 1.54) is 18.2 Å². The Bertz CT molecular complexity index is 1060. The molecule has 0 bridgehead atoms. The molecule has 0 unspecified atom stereocenters. The number of hydrogen-bond donors (Lipinski definition) is 1. The summed E-state index contributed by atoms with van der Waals surface area (Å²) >= 11 is 0. The van der Waals surface area contributed by atoms with Gasteiger partial charge in [0.1, 0.15) is 18.2 Å². The van der Waals surface area contributed by atoms with E-state index >= 15 is 0 Å². The van der Waals surface area contributed by atoms with Crippen LogP contribution < -0.4 is 5.32 Å². The fraction of sp³-hybridized carbons (Fsp3) is 0.360. The van der Waals surface area contributed by atoms with Crippen LogP contribution in [0.1, 0.15) is 66.8 Å². The van der Waals surface area contributed by atoms with Gasteiger partial charge in [0.15, 0.2) is 0 Å². The van der Waals surface area contributed by atoms with Gasteiger partial charge in [0.2, 0.25) is 0 Å². The Morgan fingerprint density at radius 2 is 1.67 bits per heavy atom. The topological polar surface area (TPSA) is 102 Å². The van der Waals surface area contributed by atoms with Crippen LogP contribution in [0.5, 0.6) is 0 Å². The SMILES string of the molecule is CCC[C@@H](C(=O)OC(C)(C)C)N1C(=O)c2ccc(NC(=O)OCc3ccccc3)cc2C1=O. The predicted molar refractivity (Wildman–Crippen MR) is 122 cm³/mol. The number of anilines is 1. The lowest BCUT2D eigenvalue weighted by atomic mass is 10.1. The first-order valence-electron chi connectivity index (χ1n) is 10.8. The molecule has 2 aromatic rings. The van der Waals surface area contributed by atoms with E-state index in [0.29, 0.717) is 12.1 Å². The first kappa shape index (κ1) is 24.0. The molecule has 0 aliphatic carbocycles. The molecule has 174 valence electrons. The fourth-order valence-corrected chi connectivity index (χ4v) is 3.49. The lowest BCUT2D eigenvalue weighted by Gasteiger charge is -2.28. The molecular formula is C25H28N2O6. The number of hydrogen-bond acceptors (Lipinski definition) is 6. The van der Waals surface area contributed by atoms with Gasteiger partial charge >= 0.3 is 12.1 Å². The minimum Gasteiger partial charge on any atom is -0.458 e. The normalized spacial score (nSPS) is 14.0. The van der Waals surface area contributed by atoms with Gasteiger partial charge in [0, 0.05) is 5.69 Å². The summed E-state index contributed by atoms with van der Waals surface area (Å²) in [5.74, 6) is -1.78. The Morgan fingerprint density at radius 3 is 2.30 bits per heavy atom. The van der Waals surface area contributed by atoms with Gasteiger partial charge in [-0.15, -0.1) is 0 Å². The smallest absolute Gasteiger partial charge is 0.411 e. The van der Waals surface area contributed by atoms with Crippen LogP contribution in [0, 0.1) is 0 Å². The summed E-state index contributed by atoms with van der Waals surface area (Å²) in [6, 6.07) is 12.6. The standard InChI is InChI=1S/C25H28N2O6/c1-5-9-20(23(30)33-25(2,3)4)27-21(28)18-13-12-17(14-19(18)22(27)29)26-24(31)32-15-16-10-7-6-8-11-16/h6-8,10-14,20H,5,9,15H2,1-4H3,(H,26,31)/t20-/m0/s1. The highest BCUT2D eigenvalue weighted by Crippen LogP contribution is 2.29. The molecule has 1 N–H and O–H groups in total. The van der Waals surface area contributed by atoms with Gasteiger partial charge in [-0.3, -0.25) is 19.8 Å². The van der Waals surface area contributed by atoms with Crippen LogP contribution >= 0.6 is 0 Å². The minimum absolute atomic E-state index is 0.0946. The van der Waals surface area contributed by atoms with E-state index < -0.39 is 35.5 Å². The second-order valence-corrected chi connectivity index (χ2v) is 8.77. The molecule has 1 aliphatic rings. The first-order valence-corrected chi connectivity index (χ1v) is 10.8. The Morgan fingerprint density at radius 1 is 1.00 bits per heavy atom. The van der Waals surface area contributed by atoms with Gasteiger partial charge in [0.25, 0.3) is 11.8 Å². The molecule has 1 aliphatic heterocycles. The molecule has 8 heteroatoms. The van der Waals surface area contributed by atoms with Gasteiger partial charge in [-0.05, 0) is 51.0 Å². The Hall–Kier alpha value is -3.68. The summed E-state index contributed by atoms with van der Waals surface area (Å²) in [5, 5.41) is 2.57. The van der Waals surface area contributed by atoms with E-state index in [0.717, 1.165) is 10.5 Å².